The van der Waals surface area contributed by atoms with Gasteiger partial charge in [-0.05, 0) is 37.8 Å². The van der Waals surface area contributed by atoms with E-state index in [1.165, 1.54) is 25.0 Å². The largest absolute Gasteiger partial charge is 0.422 e. The second kappa shape index (κ2) is 7.44. The maximum absolute atomic E-state index is 14.6. The summed E-state index contributed by atoms with van der Waals surface area (Å²) in [5, 5.41) is 4.48. The van der Waals surface area contributed by atoms with Crippen LogP contribution in [0.1, 0.15) is 61.0 Å². The Morgan fingerprint density at radius 1 is 1.09 bits per heavy atom. The van der Waals surface area contributed by atoms with E-state index in [4.69, 9.17) is 14.1 Å². The molecule has 0 spiro atoms. The topological polar surface area (TPSA) is 78.9 Å². The molecule has 2 aliphatic rings. The van der Waals surface area contributed by atoms with Crippen molar-refractivity contribution >= 4 is 11.2 Å². The van der Waals surface area contributed by atoms with E-state index in [1.807, 2.05) is 10.9 Å². The Bertz CT molecular complexity index is 1310. The molecular weight excluding hydrogens is 416 g/mol. The maximum atomic E-state index is 14.6. The molecule has 2 fully saturated rings. The van der Waals surface area contributed by atoms with Gasteiger partial charge in [-0.3, -0.25) is 4.68 Å². The molecule has 3 aromatic heterocycles. The van der Waals surface area contributed by atoms with Crippen LogP contribution < -0.4 is 0 Å². The first kappa shape index (κ1) is 19.5. The molecule has 32 heavy (non-hydrogen) atoms. The van der Waals surface area contributed by atoms with Gasteiger partial charge in [0.15, 0.2) is 11.4 Å². The summed E-state index contributed by atoms with van der Waals surface area (Å²) in [4.78, 5) is 13.6. The molecule has 0 N–H and O–H groups in total. The molecule has 0 bridgehead atoms. The highest BCUT2D eigenvalue weighted by atomic mass is 19.1. The molecule has 1 aliphatic heterocycles. The second-order valence-electron chi connectivity index (χ2n) is 8.51. The highest BCUT2D eigenvalue weighted by molar-refractivity contribution is 5.86. The van der Waals surface area contributed by atoms with E-state index >= 15 is 0 Å². The number of hydrogen-bond donors (Lipinski definition) is 0. The zero-order chi connectivity index (χ0) is 21.8. The summed E-state index contributed by atoms with van der Waals surface area (Å²) in [5.41, 5.74) is 2.19. The molecule has 1 saturated heterocycles. The number of hydrogen-bond acceptors (Lipinski definition) is 6. The van der Waals surface area contributed by atoms with Gasteiger partial charge in [-0.2, -0.15) is 10.1 Å². The fraction of sp³-hybridized carbons (Fsp3) is 0.391. The number of oxazole rings is 1. The third-order valence-electron chi connectivity index (χ3n) is 6.13. The first-order valence-electron chi connectivity index (χ1n) is 10.8. The highest BCUT2D eigenvalue weighted by Crippen LogP contribution is 2.40. The molecule has 7 nitrogen and oxygen atoms in total. The molecule has 164 valence electrons. The molecule has 1 aliphatic carbocycles. The lowest BCUT2D eigenvalue weighted by molar-refractivity contribution is 0.00394. The molecule has 4 aromatic rings. The number of fused-ring (bicyclic) bond motifs is 1. The minimum absolute atomic E-state index is 0.00455. The van der Waals surface area contributed by atoms with E-state index in [0.717, 1.165) is 18.1 Å². The van der Waals surface area contributed by atoms with Crippen molar-refractivity contribution in [1.29, 1.82) is 0 Å². The fourth-order valence-corrected chi connectivity index (χ4v) is 4.32. The third kappa shape index (κ3) is 3.46. The number of aromatic nitrogens is 5. The van der Waals surface area contributed by atoms with Crippen molar-refractivity contribution < 1.29 is 17.9 Å². The van der Waals surface area contributed by atoms with Crippen LogP contribution in [0.3, 0.4) is 0 Å². The molecule has 1 aromatic carbocycles. The van der Waals surface area contributed by atoms with E-state index in [1.54, 1.807) is 6.92 Å². The van der Waals surface area contributed by atoms with Crippen molar-refractivity contribution in [1.82, 2.24) is 24.7 Å². The van der Waals surface area contributed by atoms with Gasteiger partial charge in [0.05, 0.1) is 18.3 Å². The van der Waals surface area contributed by atoms with Gasteiger partial charge < -0.3 is 9.15 Å². The summed E-state index contributed by atoms with van der Waals surface area (Å²) in [7, 11) is 0. The number of halogens is 2. The van der Waals surface area contributed by atoms with Crippen LogP contribution in [0.4, 0.5) is 8.78 Å². The van der Waals surface area contributed by atoms with Gasteiger partial charge in [-0.15, -0.1) is 0 Å². The summed E-state index contributed by atoms with van der Waals surface area (Å²) in [6.07, 6.45) is 7.58. The van der Waals surface area contributed by atoms with E-state index in [0.29, 0.717) is 47.7 Å². The summed E-state index contributed by atoms with van der Waals surface area (Å²) >= 11 is 0. The molecule has 0 unspecified atom stereocenters. The Balaban J connectivity index is 1.37. The predicted molar refractivity (Wildman–Crippen MR) is 111 cm³/mol. The first-order chi connectivity index (χ1) is 15.5. The van der Waals surface area contributed by atoms with E-state index in [-0.39, 0.29) is 17.6 Å². The van der Waals surface area contributed by atoms with E-state index < -0.39 is 11.6 Å². The summed E-state index contributed by atoms with van der Waals surface area (Å²) < 4.78 is 41.8. The molecule has 4 heterocycles. The number of aryl methyl sites for hydroxylation is 1. The molecule has 0 amide bonds. The Kier molecular flexibility index (Phi) is 4.53. The van der Waals surface area contributed by atoms with Crippen LogP contribution in [0.25, 0.3) is 22.5 Å². The molecule has 6 rings (SSSR count). The second-order valence-corrected chi connectivity index (χ2v) is 8.51. The quantitative estimate of drug-likeness (QED) is 0.445. The number of ether oxygens (including phenoxy) is 1. The zero-order valence-corrected chi connectivity index (χ0v) is 17.5. The third-order valence-corrected chi connectivity index (χ3v) is 6.13. The molecule has 0 radical (unpaired) electrons. The lowest BCUT2D eigenvalue weighted by Gasteiger charge is -2.28. The molecule has 1 saturated carbocycles. The van der Waals surface area contributed by atoms with Crippen molar-refractivity contribution in [2.24, 2.45) is 0 Å². The van der Waals surface area contributed by atoms with Crippen molar-refractivity contribution in [2.75, 3.05) is 6.61 Å². The average Bonchev–Trinajstić information content (AvgIpc) is 3.38. The van der Waals surface area contributed by atoms with Gasteiger partial charge in [0.25, 0.3) is 5.71 Å². The Morgan fingerprint density at radius 2 is 1.97 bits per heavy atom. The van der Waals surface area contributed by atoms with Gasteiger partial charge >= 0.3 is 0 Å². The van der Waals surface area contributed by atoms with Crippen LogP contribution in [0.2, 0.25) is 0 Å². The van der Waals surface area contributed by atoms with Crippen LogP contribution in [-0.4, -0.2) is 31.3 Å². The van der Waals surface area contributed by atoms with E-state index in [2.05, 4.69) is 21.3 Å². The Morgan fingerprint density at radius 3 is 2.78 bits per heavy atom. The minimum atomic E-state index is -0.700. The predicted octanol–water partition coefficient (Wildman–Crippen LogP) is 5.04. The first-order valence-corrected chi connectivity index (χ1v) is 10.8. The van der Waals surface area contributed by atoms with Crippen molar-refractivity contribution in [3.63, 3.8) is 0 Å². The van der Waals surface area contributed by atoms with Crippen LogP contribution in [0.5, 0.6) is 0 Å². The summed E-state index contributed by atoms with van der Waals surface area (Å²) in [5.74, 6) is -0.390. The summed E-state index contributed by atoms with van der Waals surface area (Å²) in [6, 6.07) is 3.94. The fourth-order valence-electron chi connectivity index (χ4n) is 4.32. The zero-order valence-electron chi connectivity index (χ0n) is 17.5. The Hall–Kier alpha value is -3.20. The van der Waals surface area contributed by atoms with Gasteiger partial charge in [0.2, 0.25) is 0 Å². The van der Waals surface area contributed by atoms with Crippen LogP contribution in [0.15, 0.2) is 35.0 Å². The van der Waals surface area contributed by atoms with Crippen LogP contribution >= 0.6 is 0 Å². The van der Waals surface area contributed by atoms with Crippen molar-refractivity contribution in [2.45, 2.75) is 50.7 Å². The Labute approximate surface area is 182 Å². The molecule has 2 atom stereocenters. The number of benzene rings is 1. The van der Waals surface area contributed by atoms with Gasteiger partial charge in [-0.1, -0.05) is 0 Å². The number of nitrogens with zero attached hydrogens (tertiary/aromatic N) is 5. The van der Waals surface area contributed by atoms with E-state index in [9.17, 15) is 8.78 Å². The lowest BCUT2D eigenvalue weighted by atomic mass is 9.92. The molecule has 9 heteroatoms. The van der Waals surface area contributed by atoms with Crippen molar-refractivity contribution in [3.8, 4) is 11.3 Å². The standard InChI is InChI=1S/C23H21F2N5O2/c1-12-27-21-20(17-5-2-15(24)9-18(17)25)28-22(29-23(21)32-12)13-6-7-31-19(8-13)14-10-26-30(11-14)16-3-4-16/h2,5,9-11,13,16,19H,3-4,6-8H2,1H3/t13-,19-/m1/s1. The van der Waals surface area contributed by atoms with Crippen LogP contribution in [0, 0.1) is 18.6 Å². The number of rotatable bonds is 4. The minimum Gasteiger partial charge on any atom is -0.422 e. The van der Waals surface area contributed by atoms with Crippen molar-refractivity contribution in [3.05, 3.63) is 59.5 Å². The highest BCUT2D eigenvalue weighted by Gasteiger charge is 2.31. The average molecular weight is 437 g/mol. The van der Waals surface area contributed by atoms with Crippen LogP contribution in [-0.2, 0) is 4.74 Å². The molecular formula is C23H21F2N5O2. The smallest absolute Gasteiger partial charge is 0.250 e. The van der Waals surface area contributed by atoms with Gasteiger partial charge in [0.1, 0.15) is 23.2 Å². The van der Waals surface area contributed by atoms with Gasteiger partial charge in [0, 0.05) is 42.8 Å². The normalized spacial score (nSPS) is 21.3. The van der Waals surface area contributed by atoms with Gasteiger partial charge in [-0.25, -0.2) is 18.7 Å². The summed E-state index contributed by atoms with van der Waals surface area (Å²) in [6.45, 7) is 2.26. The SMILES string of the molecule is Cc1nc2c(-c3ccc(F)cc3F)nc([C@@H]3CCO[C@@H](c4cnn(C5CC5)c4)C3)nc2o1. The monoisotopic (exact) mass is 437 g/mol. The maximum Gasteiger partial charge on any atom is 0.250 e. The lowest BCUT2D eigenvalue weighted by Crippen LogP contribution is -2.20.